The normalized spacial score (nSPS) is 17.4. The maximum absolute atomic E-state index is 12.1. The van der Waals surface area contributed by atoms with Crippen LogP contribution in [0.3, 0.4) is 0 Å². The summed E-state index contributed by atoms with van der Waals surface area (Å²) < 4.78 is 0.951. The predicted molar refractivity (Wildman–Crippen MR) is 89.5 cm³/mol. The van der Waals surface area contributed by atoms with Crippen molar-refractivity contribution in [2.24, 2.45) is 0 Å². The van der Waals surface area contributed by atoms with Crippen LogP contribution in [-0.4, -0.2) is 52.3 Å². The van der Waals surface area contributed by atoms with Crippen molar-refractivity contribution >= 4 is 49.2 Å². The lowest BCUT2D eigenvalue weighted by Crippen LogP contribution is -2.46. The van der Waals surface area contributed by atoms with E-state index in [1.165, 1.54) is 24.2 Å². The number of carboxylic acid groups (broad SMARTS) is 1. The SMILES string of the molecule is CC(O)(CNC(=O)c1cc2sc(N3CCCC3)nc2s1)C(=O)O. The topological polar surface area (TPSA) is 103 Å². The fourth-order valence-corrected chi connectivity index (χ4v) is 4.47. The molecule has 7 nitrogen and oxygen atoms in total. The fraction of sp³-hybridized carbons (Fsp3) is 0.500. The number of hydrogen-bond acceptors (Lipinski definition) is 7. The Hall–Kier alpha value is -1.71. The predicted octanol–water partition coefficient (Wildman–Crippen LogP) is 1.52. The van der Waals surface area contributed by atoms with Gasteiger partial charge >= 0.3 is 5.97 Å². The summed E-state index contributed by atoms with van der Waals surface area (Å²) in [6, 6.07) is 1.77. The van der Waals surface area contributed by atoms with Crippen molar-refractivity contribution in [1.29, 1.82) is 0 Å². The number of fused-ring (bicyclic) bond motifs is 1. The average Bonchev–Trinajstić information content (AvgIpc) is 3.18. The van der Waals surface area contributed by atoms with E-state index in [0.29, 0.717) is 4.88 Å². The Morgan fingerprint density at radius 2 is 2.09 bits per heavy atom. The molecule has 0 saturated carbocycles. The summed E-state index contributed by atoms with van der Waals surface area (Å²) in [6.45, 7) is 2.85. The quantitative estimate of drug-likeness (QED) is 0.751. The van der Waals surface area contributed by atoms with Crippen LogP contribution in [0.15, 0.2) is 6.07 Å². The third-order valence-corrected chi connectivity index (χ3v) is 5.95. The molecule has 0 spiro atoms. The number of rotatable bonds is 5. The Morgan fingerprint density at radius 1 is 1.39 bits per heavy atom. The minimum absolute atomic E-state index is 0.348. The maximum Gasteiger partial charge on any atom is 0.337 e. The van der Waals surface area contributed by atoms with Gasteiger partial charge in [0.25, 0.3) is 5.91 Å². The molecule has 3 rings (SSSR count). The van der Waals surface area contributed by atoms with E-state index in [1.54, 1.807) is 17.4 Å². The summed E-state index contributed by atoms with van der Waals surface area (Å²) in [5.74, 6) is -1.77. The van der Waals surface area contributed by atoms with Gasteiger partial charge in [-0.2, -0.15) is 0 Å². The number of aliphatic hydroxyl groups is 1. The van der Waals surface area contributed by atoms with Crippen molar-refractivity contribution in [3.05, 3.63) is 10.9 Å². The number of carboxylic acids is 1. The second-order valence-corrected chi connectivity index (χ2v) is 7.77. The van der Waals surface area contributed by atoms with Gasteiger partial charge in [-0.25, -0.2) is 9.78 Å². The van der Waals surface area contributed by atoms with Gasteiger partial charge in [0.2, 0.25) is 0 Å². The first-order valence-corrected chi connectivity index (χ1v) is 8.89. The summed E-state index contributed by atoms with van der Waals surface area (Å²) in [4.78, 5) is 31.0. The van der Waals surface area contributed by atoms with Crippen LogP contribution in [0.1, 0.15) is 29.4 Å². The zero-order valence-corrected chi connectivity index (χ0v) is 14.2. The highest BCUT2D eigenvalue weighted by molar-refractivity contribution is 7.29. The highest BCUT2D eigenvalue weighted by atomic mass is 32.1. The highest BCUT2D eigenvalue weighted by Crippen LogP contribution is 2.35. The van der Waals surface area contributed by atoms with E-state index in [9.17, 15) is 14.7 Å². The molecule has 9 heteroatoms. The van der Waals surface area contributed by atoms with Crippen LogP contribution in [0.2, 0.25) is 0 Å². The highest BCUT2D eigenvalue weighted by Gasteiger charge is 2.30. The minimum atomic E-state index is -1.98. The zero-order chi connectivity index (χ0) is 16.6. The van der Waals surface area contributed by atoms with Gasteiger partial charge in [0.1, 0.15) is 4.83 Å². The molecule has 0 radical (unpaired) electrons. The third kappa shape index (κ3) is 3.31. The monoisotopic (exact) mass is 355 g/mol. The van der Waals surface area contributed by atoms with Crippen molar-refractivity contribution in [3.63, 3.8) is 0 Å². The molecule has 1 aliphatic rings. The van der Waals surface area contributed by atoms with Gasteiger partial charge in [0.15, 0.2) is 10.7 Å². The van der Waals surface area contributed by atoms with Crippen LogP contribution >= 0.6 is 22.7 Å². The Bertz CT molecular complexity index is 715. The number of anilines is 1. The number of amides is 1. The van der Waals surface area contributed by atoms with E-state index in [0.717, 1.165) is 34.7 Å². The van der Waals surface area contributed by atoms with Crippen LogP contribution in [0, 0.1) is 0 Å². The van der Waals surface area contributed by atoms with Crippen molar-refractivity contribution < 1.29 is 19.8 Å². The van der Waals surface area contributed by atoms with Crippen LogP contribution in [0.4, 0.5) is 5.13 Å². The zero-order valence-electron chi connectivity index (χ0n) is 12.5. The molecule has 1 saturated heterocycles. The minimum Gasteiger partial charge on any atom is -0.479 e. The number of thiazole rings is 1. The number of nitrogens with one attached hydrogen (secondary N) is 1. The van der Waals surface area contributed by atoms with Gasteiger partial charge in [-0.3, -0.25) is 4.79 Å². The lowest BCUT2D eigenvalue weighted by Gasteiger charge is -2.17. The average molecular weight is 355 g/mol. The molecule has 3 heterocycles. The Labute approximate surface area is 140 Å². The Balaban J connectivity index is 1.69. The van der Waals surface area contributed by atoms with E-state index in [2.05, 4.69) is 15.2 Å². The van der Waals surface area contributed by atoms with Crippen molar-refractivity contribution in [2.75, 3.05) is 24.5 Å². The molecule has 23 heavy (non-hydrogen) atoms. The van der Waals surface area contributed by atoms with Crippen LogP contribution < -0.4 is 10.2 Å². The summed E-state index contributed by atoms with van der Waals surface area (Å²) >= 11 is 2.84. The van der Waals surface area contributed by atoms with E-state index >= 15 is 0 Å². The molecule has 1 amide bonds. The summed E-state index contributed by atoms with van der Waals surface area (Å²) in [7, 11) is 0. The van der Waals surface area contributed by atoms with Crippen molar-refractivity contribution in [1.82, 2.24) is 10.3 Å². The number of thiophene rings is 1. The molecule has 0 bridgehead atoms. The lowest BCUT2D eigenvalue weighted by molar-refractivity contribution is -0.155. The van der Waals surface area contributed by atoms with Crippen LogP contribution in [-0.2, 0) is 4.79 Å². The first-order valence-electron chi connectivity index (χ1n) is 7.26. The van der Waals surface area contributed by atoms with E-state index < -0.39 is 17.5 Å². The first kappa shape index (κ1) is 16.2. The smallest absolute Gasteiger partial charge is 0.337 e. The van der Waals surface area contributed by atoms with Gasteiger partial charge in [-0.15, -0.1) is 11.3 Å². The Kier molecular flexibility index (Phi) is 4.26. The molecular formula is C14H17N3O4S2. The molecule has 1 unspecified atom stereocenters. The molecule has 0 aromatic carbocycles. The van der Waals surface area contributed by atoms with Gasteiger partial charge in [0.05, 0.1) is 16.1 Å². The second kappa shape index (κ2) is 6.06. The van der Waals surface area contributed by atoms with E-state index in [4.69, 9.17) is 5.11 Å². The first-order chi connectivity index (χ1) is 10.9. The third-order valence-electron chi connectivity index (χ3n) is 3.73. The molecule has 1 fully saturated rings. The van der Waals surface area contributed by atoms with Gasteiger partial charge in [-0.1, -0.05) is 11.3 Å². The van der Waals surface area contributed by atoms with Gasteiger partial charge < -0.3 is 20.4 Å². The summed E-state index contributed by atoms with van der Waals surface area (Å²) in [6.07, 6.45) is 2.37. The number of aromatic nitrogens is 1. The van der Waals surface area contributed by atoms with E-state index in [-0.39, 0.29) is 6.54 Å². The molecule has 3 N–H and O–H groups in total. The van der Waals surface area contributed by atoms with Crippen molar-refractivity contribution in [2.45, 2.75) is 25.4 Å². The largest absolute Gasteiger partial charge is 0.479 e. The molecule has 2 aromatic rings. The number of carbonyl (C=O) groups is 2. The van der Waals surface area contributed by atoms with Crippen molar-refractivity contribution in [3.8, 4) is 0 Å². The molecule has 1 atom stereocenters. The Morgan fingerprint density at radius 3 is 2.70 bits per heavy atom. The lowest BCUT2D eigenvalue weighted by atomic mass is 10.1. The second-order valence-electron chi connectivity index (χ2n) is 5.73. The fourth-order valence-electron chi connectivity index (χ4n) is 2.29. The molecule has 0 aliphatic carbocycles. The number of hydrogen-bond donors (Lipinski definition) is 3. The van der Waals surface area contributed by atoms with E-state index in [1.807, 2.05) is 0 Å². The number of carbonyl (C=O) groups excluding carboxylic acids is 1. The molecule has 124 valence electrons. The molecule has 2 aromatic heterocycles. The van der Waals surface area contributed by atoms with Gasteiger partial charge in [0, 0.05) is 13.1 Å². The number of nitrogens with zero attached hydrogens (tertiary/aromatic N) is 2. The summed E-state index contributed by atoms with van der Waals surface area (Å²) in [5, 5.41) is 21.9. The maximum atomic E-state index is 12.1. The summed E-state index contributed by atoms with van der Waals surface area (Å²) in [5.41, 5.74) is -1.98. The van der Waals surface area contributed by atoms with Crippen LogP contribution in [0.5, 0.6) is 0 Å². The molecular weight excluding hydrogens is 338 g/mol. The van der Waals surface area contributed by atoms with Gasteiger partial charge in [-0.05, 0) is 25.8 Å². The van der Waals surface area contributed by atoms with Crippen LogP contribution in [0.25, 0.3) is 9.53 Å². The number of aliphatic carboxylic acids is 1. The molecule has 1 aliphatic heterocycles. The standard InChI is InChI=1S/C14H17N3O4S2/c1-14(21,12(19)20)7-15-10(18)8-6-9-11(22-8)16-13(23-9)17-4-2-3-5-17/h6,21H,2-5,7H2,1H3,(H,15,18)(H,19,20).